The van der Waals surface area contributed by atoms with Gasteiger partial charge in [0.1, 0.15) is 5.65 Å². The molecule has 0 aliphatic rings. The maximum Gasteiger partial charge on any atom is 0.146 e. The fraction of sp³-hybridized carbons (Fsp3) is 0. The minimum atomic E-state index is 1.01. The van der Waals surface area contributed by atoms with Gasteiger partial charge in [-0.25, -0.2) is 4.98 Å². The second kappa shape index (κ2) is 9.00. The molecule has 4 heteroatoms. The van der Waals surface area contributed by atoms with Crippen LogP contribution in [0.4, 0.5) is 0 Å². The van der Waals surface area contributed by atoms with Crippen LogP contribution >= 0.6 is 0 Å². The lowest BCUT2D eigenvalue weighted by atomic mass is 9.99. The van der Waals surface area contributed by atoms with Crippen LogP contribution < -0.4 is 0 Å². The summed E-state index contributed by atoms with van der Waals surface area (Å²) in [5.41, 5.74) is 14.2. The zero-order valence-electron chi connectivity index (χ0n) is 27.3. The van der Waals surface area contributed by atoms with Crippen molar-refractivity contribution in [1.29, 1.82) is 0 Å². The first-order chi connectivity index (χ1) is 25.3. The van der Waals surface area contributed by atoms with E-state index >= 15 is 0 Å². The van der Waals surface area contributed by atoms with E-state index in [9.17, 15) is 0 Å². The van der Waals surface area contributed by atoms with Crippen LogP contribution in [0.5, 0.6) is 0 Å². The number of para-hydroxylation sites is 6. The van der Waals surface area contributed by atoms with Gasteiger partial charge in [-0.1, -0.05) is 115 Å². The van der Waals surface area contributed by atoms with Gasteiger partial charge >= 0.3 is 0 Å². The second-order valence-corrected chi connectivity index (χ2v) is 13.9. The number of benzene rings is 7. The van der Waals surface area contributed by atoms with Gasteiger partial charge in [0.2, 0.25) is 0 Å². The van der Waals surface area contributed by atoms with E-state index < -0.39 is 0 Å². The number of hydrogen-bond acceptors (Lipinski definition) is 1. The van der Waals surface area contributed by atoms with Gasteiger partial charge in [-0.15, -0.1) is 0 Å². The van der Waals surface area contributed by atoms with Crippen LogP contribution in [0.25, 0.3) is 115 Å². The van der Waals surface area contributed by atoms with E-state index in [1.807, 2.05) is 0 Å². The third-order valence-electron chi connectivity index (χ3n) is 11.5. The Hall–Kier alpha value is -6.91. The fourth-order valence-corrected chi connectivity index (χ4v) is 9.46. The maximum atomic E-state index is 5.62. The smallest absolute Gasteiger partial charge is 0.146 e. The highest BCUT2D eigenvalue weighted by atomic mass is 15.0. The molecule has 0 saturated heterocycles. The molecule has 0 radical (unpaired) electrons. The molecule has 0 bridgehead atoms. The molecule has 13 rings (SSSR count). The Balaban J connectivity index is 1.16. The standard InChI is InChI=1S/C47H26N4/c1-2-11-28(12-3-1)49-39-21-6-5-14-31(39)37-25-27(23-24-41(37)49)29-15-8-17-33-34-18-9-19-35-38-26-42-43(48-47(38)51(44(29)33)45(34)35)36-20-10-16-32-30-13-4-7-22-40(30)50(42)46(32)36/h1-26H. The third kappa shape index (κ3) is 3.06. The van der Waals surface area contributed by atoms with Gasteiger partial charge in [-0.2, -0.15) is 0 Å². The van der Waals surface area contributed by atoms with Crippen molar-refractivity contribution >= 4 is 98.3 Å². The van der Waals surface area contributed by atoms with Crippen molar-refractivity contribution in [2.24, 2.45) is 0 Å². The first kappa shape index (κ1) is 26.0. The Bertz CT molecular complexity index is 3580. The number of rotatable bonds is 2. The van der Waals surface area contributed by atoms with Gasteiger partial charge in [0, 0.05) is 59.7 Å². The van der Waals surface area contributed by atoms with Crippen LogP contribution in [0.2, 0.25) is 0 Å². The summed E-state index contributed by atoms with van der Waals surface area (Å²) in [5.74, 6) is 0. The molecule has 6 aromatic heterocycles. The van der Waals surface area contributed by atoms with Gasteiger partial charge in [-0.05, 0) is 48.0 Å². The molecular formula is C47H26N4. The molecule has 0 spiro atoms. The molecule has 234 valence electrons. The zero-order valence-corrected chi connectivity index (χ0v) is 27.3. The van der Waals surface area contributed by atoms with E-state index in [4.69, 9.17) is 4.98 Å². The molecular weight excluding hydrogens is 621 g/mol. The SMILES string of the molecule is c1ccc(-n2c3ccccc3c3cc(-c4cccc5c6cccc7c8cc9c(nc8n(c45)c76)c4cccc5c6ccccc6n9c54)ccc32)cc1. The van der Waals surface area contributed by atoms with E-state index in [1.165, 1.54) is 98.4 Å². The van der Waals surface area contributed by atoms with Crippen LogP contribution in [0.1, 0.15) is 0 Å². The zero-order chi connectivity index (χ0) is 32.9. The summed E-state index contributed by atoms with van der Waals surface area (Å²) in [6.45, 7) is 0. The molecule has 0 fully saturated rings. The minimum Gasteiger partial charge on any atom is -0.309 e. The minimum absolute atomic E-state index is 1.01. The Labute approximate surface area is 290 Å². The molecule has 4 nitrogen and oxygen atoms in total. The van der Waals surface area contributed by atoms with Crippen molar-refractivity contribution in [2.75, 3.05) is 0 Å². The van der Waals surface area contributed by atoms with Crippen molar-refractivity contribution in [3.8, 4) is 16.8 Å². The quantitative estimate of drug-likeness (QED) is 0.184. The normalized spacial score (nSPS) is 12.7. The molecule has 0 atom stereocenters. The average molecular weight is 647 g/mol. The van der Waals surface area contributed by atoms with Crippen molar-refractivity contribution in [2.45, 2.75) is 0 Å². The van der Waals surface area contributed by atoms with Gasteiger partial charge in [0.15, 0.2) is 0 Å². The number of fused-ring (bicyclic) bond motifs is 15. The summed E-state index contributed by atoms with van der Waals surface area (Å²) in [7, 11) is 0. The van der Waals surface area contributed by atoms with E-state index in [-0.39, 0.29) is 0 Å². The first-order valence-electron chi connectivity index (χ1n) is 17.6. The lowest BCUT2D eigenvalue weighted by Gasteiger charge is -2.09. The lowest BCUT2D eigenvalue weighted by Crippen LogP contribution is -1.93. The molecule has 0 aliphatic carbocycles. The van der Waals surface area contributed by atoms with E-state index in [1.54, 1.807) is 0 Å². The number of aromatic nitrogens is 4. The monoisotopic (exact) mass is 646 g/mol. The summed E-state index contributed by atoms with van der Waals surface area (Å²) in [4.78, 5) is 5.62. The van der Waals surface area contributed by atoms with E-state index in [0.29, 0.717) is 0 Å². The second-order valence-electron chi connectivity index (χ2n) is 13.9. The molecule has 0 saturated carbocycles. The third-order valence-corrected chi connectivity index (χ3v) is 11.5. The molecule has 0 aliphatic heterocycles. The van der Waals surface area contributed by atoms with Crippen LogP contribution in [0, 0.1) is 0 Å². The highest BCUT2D eigenvalue weighted by molar-refractivity contribution is 6.28. The van der Waals surface area contributed by atoms with Gasteiger partial charge in [0.25, 0.3) is 0 Å². The van der Waals surface area contributed by atoms with Gasteiger partial charge in [0.05, 0.1) is 44.1 Å². The van der Waals surface area contributed by atoms with Crippen LogP contribution in [0.15, 0.2) is 158 Å². The van der Waals surface area contributed by atoms with Crippen molar-refractivity contribution in [1.82, 2.24) is 18.4 Å². The van der Waals surface area contributed by atoms with Gasteiger partial charge in [-0.3, -0.25) is 4.40 Å². The summed E-state index contributed by atoms with van der Waals surface area (Å²) in [6.07, 6.45) is 0. The molecule has 7 aromatic carbocycles. The van der Waals surface area contributed by atoms with E-state index in [0.717, 1.165) is 16.7 Å². The molecule has 0 unspecified atom stereocenters. The van der Waals surface area contributed by atoms with E-state index in [2.05, 4.69) is 171 Å². The topological polar surface area (TPSA) is 26.6 Å². The Morgan fingerprint density at radius 3 is 1.76 bits per heavy atom. The largest absolute Gasteiger partial charge is 0.309 e. The van der Waals surface area contributed by atoms with Gasteiger partial charge < -0.3 is 8.97 Å². The number of pyridine rings is 1. The van der Waals surface area contributed by atoms with Crippen LogP contribution in [-0.2, 0) is 0 Å². The maximum absolute atomic E-state index is 5.62. The average Bonchev–Trinajstić information content (AvgIpc) is 3.97. The number of hydrogen-bond donors (Lipinski definition) is 0. The van der Waals surface area contributed by atoms with Crippen LogP contribution in [-0.4, -0.2) is 18.4 Å². The highest BCUT2D eigenvalue weighted by Gasteiger charge is 2.24. The van der Waals surface area contributed by atoms with Crippen molar-refractivity contribution < 1.29 is 0 Å². The summed E-state index contributed by atoms with van der Waals surface area (Å²) >= 11 is 0. The summed E-state index contributed by atoms with van der Waals surface area (Å²) < 4.78 is 7.27. The Morgan fingerprint density at radius 2 is 0.941 bits per heavy atom. The predicted molar refractivity (Wildman–Crippen MR) is 213 cm³/mol. The van der Waals surface area contributed by atoms with Crippen LogP contribution in [0.3, 0.4) is 0 Å². The lowest BCUT2D eigenvalue weighted by molar-refractivity contribution is 1.18. The first-order valence-corrected chi connectivity index (χ1v) is 17.6. The number of nitrogens with zero attached hydrogens (tertiary/aromatic N) is 4. The highest BCUT2D eigenvalue weighted by Crippen LogP contribution is 2.45. The molecule has 0 N–H and O–H groups in total. The molecule has 13 aromatic rings. The molecule has 0 amide bonds. The molecule has 6 heterocycles. The predicted octanol–water partition coefficient (Wildman–Crippen LogP) is 12.1. The van der Waals surface area contributed by atoms with Crippen molar-refractivity contribution in [3.05, 3.63) is 158 Å². The Morgan fingerprint density at radius 1 is 0.353 bits per heavy atom. The molecule has 51 heavy (non-hydrogen) atoms. The van der Waals surface area contributed by atoms with Crippen molar-refractivity contribution in [3.63, 3.8) is 0 Å². The summed E-state index contributed by atoms with van der Waals surface area (Å²) in [6, 6.07) is 57.8. The fourth-order valence-electron chi connectivity index (χ4n) is 9.46. The Kier molecular flexibility index (Phi) is 4.59. The summed E-state index contributed by atoms with van der Waals surface area (Å²) in [5, 5.41) is 11.2.